The third kappa shape index (κ3) is 4.09. The molecule has 0 spiro atoms. The van der Waals surface area contributed by atoms with Crippen molar-refractivity contribution in [3.8, 4) is 0 Å². The first kappa shape index (κ1) is 19.1. The predicted octanol–water partition coefficient (Wildman–Crippen LogP) is 3.51. The van der Waals surface area contributed by atoms with E-state index in [0.717, 1.165) is 62.0 Å². The third-order valence-electron chi connectivity index (χ3n) is 5.69. The van der Waals surface area contributed by atoms with Crippen LogP contribution in [-0.4, -0.2) is 38.4 Å². The first-order valence-corrected chi connectivity index (χ1v) is 11.0. The van der Waals surface area contributed by atoms with Crippen LogP contribution in [0.5, 0.6) is 0 Å². The maximum atomic E-state index is 13.4. The summed E-state index contributed by atoms with van der Waals surface area (Å²) < 4.78 is 3.83. The van der Waals surface area contributed by atoms with Crippen LogP contribution in [0, 0.1) is 0 Å². The first-order chi connectivity index (χ1) is 13.7. The average molecular weight is 399 g/mol. The van der Waals surface area contributed by atoms with Crippen molar-refractivity contribution in [1.29, 1.82) is 0 Å². The van der Waals surface area contributed by atoms with E-state index in [1.807, 2.05) is 24.3 Å². The standard InChI is InChI=1S/C21H26N4O2S/c1-2-14-7-9-15(10-8-14)19(20(26)22-16-5-3-4-6-16)25(17-11-12-17)21(27)18-13-28-24-23-18/h7-10,13,16-17,19H,2-6,11-12H2,1H3,(H,22,26)/t19-/m0/s1. The molecule has 4 rings (SSSR count). The second kappa shape index (κ2) is 8.39. The van der Waals surface area contributed by atoms with Crippen molar-refractivity contribution in [2.24, 2.45) is 0 Å². The lowest BCUT2D eigenvalue weighted by Gasteiger charge is -2.32. The van der Waals surface area contributed by atoms with Crippen molar-refractivity contribution < 1.29 is 9.59 Å². The van der Waals surface area contributed by atoms with Crippen LogP contribution in [0.15, 0.2) is 29.6 Å². The molecule has 2 aliphatic rings. The van der Waals surface area contributed by atoms with Gasteiger partial charge in [0.05, 0.1) is 0 Å². The van der Waals surface area contributed by atoms with Crippen LogP contribution in [0.2, 0.25) is 0 Å². The summed E-state index contributed by atoms with van der Waals surface area (Å²) in [6, 6.07) is 7.73. The van der Waals surface area contributed by atoms with Crippen molar-refractivity contribution in [2.75, 3.05) is 0 Å². The number of aromatic nitrogens is 2. The molecule has 2 amide bonds. The summed E-state index contributed by atoms with van der Waals surface area (Å²) in [6.45, 7) is 2.11. The van der Waals surface area contributed by atoms with E-state index in [-0.39, 0.29) is 23.9 Å². The number of benzene rings is 1. The molecular formula is C21H26N4O2S. The topological polar surface area (TPSA) is 75.2 Å². The number of hydrogen-bond donors (Lipinski definition) is 1. The van der Waals surface area contributed by atoms with Gasteiger partial charge in [0, 0.05) is 17.5 Å². The monoisotopic (exact) mass is 398 g/mol. The molecule has 1 atom stereocenters. The summed E-state index contributed by atoms with van der Waals surface area (Å²) in [4.78, 5) is 28.3. The molecule has 0 unspecified atom stereocenters. The van der Waals surface area contributed by atoms with E-state index in [9.17, 15) is 9.59 Å². The highest BCUT2D eigenvalue weighted by molar-refractivity contribution is 7.03. The Bertz CT molecular complexity index is 811. The van der Waals surface area contributed by atoms with Crippen LogP contribution < -0.4 is 5.32 Å². The maximum Gasteiger partial charge on any atom is 0.276 e. The highest BCUT2D eigenvalue weighted by atomic mass is 32.1. The van der Waals surface area contributed by atoms with Crippen LogP contribution in [0.4, 0.5) is 0 Å². The Hall–Kier alpha value is -2.28. The molecule has 1 N–H and O–H groups in total. The Morgan fingerprint density at radius 2 is 1.89 bits per heavy atom. The van der Waals surface area contributed by atoms with E-state index in [4.69, 9.17) is 0 Å². The molecule has 2 saturated carbocycles. The molecule has 7 heteroatoms. The molecule has 6 nitrogen and oxygen atoms in total. The van der Waals surface area contributed by atoms with Crippen LogP contribution in [0.3, 0.4) is 0 Å². The van der Waals surface area contributed by atoms with E-state index in [1.54, 1.807) is 10.3 Å². The summed E-state index contributed by atoms with van der Waals surface area (Å²) in [7, 11) is 0. The molecule has 1 heterocycles. The number of nitrogens with zero attached hydrogens (tertiary/aromatic N) is 3. The minimum absolute atomic E-state index is 0.0828. The Kier molecular flexibility index (Phi) is 5.71. The van der Waals surface area contributed by atoms with Gasteiger partial charge in [-0.1, -0.05) is 48.5 Å². The Balaban J connectivity index is 1.67. The van der Waals surface area contributed by atoms with E-state index < -0.39 is 6.04 Å². The molecule has 0 radical (unpaired) electrons. The Labute approximate surface area is 169 Å². The van der Waals surface area contributed by atoms with Gasteiger partial charge in [-0.2, -0.15) is 0 Å². The highest BCUT2D eigenvalue weighted by Gasteiger charge is 2.42. The summed E-state index contributed by atoms with van der Waals surface area (Å²) >= 11 is 1.16. The van der Waals surface area contributed by atoms with Crippen molar-refractivity contribution in [1.82, 2.24) is 19.8 Å². The van der Waals surface area contributed by atoms with Crippen LogP contribution in [0.25, 0.3) is 0 Å². The van der Waals surface area contributed by atoms with Gasteiger partial charge in [-0.15, -0.1) is 5.10 Å². The van der Waals surface area contributed by atoms with E-state index in [2.05, 4.69) is 21.8 Å². The lowest BCUT2D eigenvalue weighted by Crippen LogP contribution is -2.47. The fourth-order valence-corrected chi connectivity index (χ4v) is 4.39. The zero-order chi connectivity index (χ0) is 19.5. The second-order valence-electron chi connectivity index (χ2n) is 7.72. The van der Waals surface area contributed by atoms with Gasteiger partial charge in [0.15, 0.2) is 5.69 Å². The second-order valence-corrected chi connectivity index (χ2v) is 8.33. The van der Waals surface area contributed by atoms with Gasteiger partial charge in [-0.3, -0.25) is 9.59 Å². The Morgan fingerprint density at radius 1 is 1.18 bits per heavy atom. The molecule has 0 aliphatic heterocycles. The SMILES string of the molecule is CCc1ccc([C@@H](C(=O)NC2CCCC2)N(C(=O)c2csnn2)C2CC2)cc1. The third-order valence-corrected chi connectivity index (χ3v) is 6.19. The number of aryl methyl sites for hydroxylation is 1. The van der Waals surface area contributed by atoms with Gasteiger partial charge < -0.3 is 10.2 Å². The molecule has 0 saturated heterocycles. The number of nitrogens with one attached hydrogen (secondary N) is 1. The minimum Gasteiger partial charge on any atom is -0.351 e. The molecular weight excluding hydrogens is 372 g/mol. The van der Waals surface area contributed by atoms with Gasteiger partial charge in [0.25, 0.3) is 5.91 Å². The summed E-state index contributed by atoms with van der Waals surface area (Å²) in [5.41, 5.74) is 2.39. The first-order valence-electron chi connectivity index (χ1n) is 10.2. The summed E-state index contributed by atoms with van der Waals surface area (Å²) in [5, 5.41) is 8.82. The van der Waals surface area contributed by atoms with Crippen LogP contribution in [-0.2, 0) is 11.2 Å². The molecule has 1 aromatic carbocycles. The van der Waals surface area contributed by atoms with Crippen molar-refractivity contribution >= 4 is 23.3 Å². The molecule has 148 valence electrons. The summed E-state index contributed by atoms with van der Waals surface area (Å²) in [5.74, 6) is -0.290. The minimum atomic E-state index is -0.631. The number of hydrogen-bond acceptors (Lipinski definition) is 5. The van der Waals surface area contributed by atoms with Gasteiger partial charge in [0.1, 0.15) is 6.04 Å². The van der Waals surface area contributed by atoms with Crippen molar-refractivity contribution in [3.05, 3.63) is 46.5 Å². The fraction of sp³-hybridized carbons (Fsp3) is 0.524. The lowest BCUT2D eigenvalue weighted by molar-refractivity contribution is -0.126. The molecule has 28 heavy (non-hydrogen) atoms. The largest absolute Gasteiger partial charge is 0.351 e. The number of carbonyl (C=O) groups excluding carboxylic acids is 2. The van der Waals surface area contributed by atoms with Gasteiger partial charge in [0.2, 0.25) is 5.91 Å². The molecule has 0 bridgehead atoms. The van der Waals surface area contributed by atoms with Gasteiger partial charge in [-0.05, 0) is 54.8 Å². The smallest absolute Gasteiger partial charge is 0.276 e. The zero-order valence-corrected chi connectivity index (χ0v) is 17.0. The van der Waals surface area contributed by atoms with Gasteiger partial charge >= 0.3 is 0 Å². The maximum absolute atomic E-state index is 13.4. The number of amides is 2. The quantitative estimate of drug-likeness (QED) is 0.774. The van der Waals surface area contributed by atoms with Crippen molar-refractivity contribution in [2.45, 2.75) is 70.0 Å². The molecule has 1 aromatic heterocycles. The Morgan fingerprint density at radius 3 is 2.46 bits per heavy atom. The molecule has 2 aliphatic carbocycles. The number of rotatable bonds is 7. The molecule has 2 fully saturated rings. The van der Waals surface area contributed by atoms with Crippen molar-refractivity contribution in [3.63, 3.8) is 0 Å². The summed E-state index contributed by atoms with van der Waals surface area (Å²) in [6.07, 6.45) is 7.11. The average Bonchev–Trinajstić information content (AvgIpc) is 3.17. The van der Waals surface area contributed by atoms with E-state index in [0.29, 0.717) is 5.69 Å². The van der Waals surface area contributed by atoms with E-state index >= 15 is 0 Å². The van der Waals surface area contributed by atoms with Crippen LogP contribution >= 0.6 is 11.5 Å². The number of carbonyl (C=O) groups is 2. The zero-order valence-electron chi connectivity index (χ0n) is 16.1. The highest BCUT2D eigenvalue weighted by Crippen LogP contribution is 2.36. The van der Waals surface area contributed by atoms with Gasteiger partial charge in [-0.25, -0.2) is 0 Å². The fourth-order valence-electron chi connectivity index (χ4n) is 3.96. The molecule has 2 aromatic rings. The normalized spacial score (nSPS) is 18.0. The van der Waals surface area contributed by atoms with E-state index in [1.165, 1.54) is 5.56 Å². The predicted molar refractivity (Wildman–Crippen MR) is 108 cm³/mol. The van der Waals surface area contributed by atoms with Crippen LogP contribution in [0.1, 0.15) is 73.1 Å². The lowest BCUT2D eigenvalue weighted by atomic mass is 10.0.